The van der Waals surface area contributed by atoms with E-state index >= 15 is 0 Å². The van der Waals surface area contributed by atoms with Crippen LogP contribution in [0.3, 0.4) is 0 Å². The lowest BCUT2D eigenvalue weighted by Gasteiger charge is -2.36. The van der Waals surface area contributed by atoms with Crippen molar-refractivity contribution in [3.05, 3.63) is 47.5 Å². The van der Waals surface area contributed by atoms with Crippen molar-refractivity contribution in [3.63, 3.8) is 0 Å². The van der Waals surface area contributed by atoms with Crippen LogP contribution < -0.4 is 18.9 Å². The fourth-order valence-corrected chi connectivity index (χ4v) is 4.34. The molecule has 1 aliphatic rings. The quantitative estimate of drug-likeness (QED) is 0.479. The summed E-state index contributed by atoms with van der Waals surface area (Å²) in [7, 11) is 6.47. The predicted octanol–water partition coefficient (Wildman–Crippen LogP) is 3.72. The fourth-order valence-electron chi connectivity index (χ4n) is 4.34. The van der Waals surface area contributed by atoms with Crippen LogP contribution in [-0.2, 0) is 11.3 Å². The van der Waals surface area contributed by atoms with Gasteiger partial charge in [0.2, 0.25) is 0 Å². The molecule has 0 saturated carbocycles. The Balaban J connectivity index is 1.71. The van der Waals surface area contributed by atoms with Crippen molar-refractivity contribution in [1.29, 1.82) is 0 Å². The predicted molar refractivity (Wildman–Crippen MR) is 135 cm³/mol. The molecule has 8 heteroatoms. The first-order chi connectivity index (χ1) is 16.9. The average Bonchev–Trinajstić information content (AvgIpc) is 2.87. The average molecular weight is 487 g/mol. The Kier molecular flexibility index (Phi) is 9.63. The first-order valence-electron chi connectivity index (χ1n) is 11.9. The molecule has 2 aromatic rings. The van der Waals surface area contributed by atoms with E-state index in [9.17, 15) is 4.79 Å². The van der Waals surface area contributed by atoms with Gasteiger partial charge in [0.05, 0.1) is 41.2 Å². The van der Waals surface area contributed by atoms with Crippen molar-refractivity contribution in [2.45, 2.75) is 26.5 Å². The van der Waals surface area contributed by atoms with Gasteiger partial charge in [-0.3, -0.25) is 9.69 Å². The second-order valence-corrected chi connectivity index (χ2v) is 9.08. The maximum Gasteiger partial charge on any atom is 0.254 e. The molecule has 192 valence electrons. The van der Waals surface area contributed by atoms with E-state index in [1.54, 1.807) is 46.6 Å². The summed E-state index contributed by atoms with van der Waals surface area (Å²) < 4.78 is 27.7. The van der Waals surface area contributed by atoms with Gasteiger partial charge in [0.25, 0.3) is 5.91 Å². The van der Waals surface area contributed by atoms with E-state index in [1.165, 1.54) is 0 Å². The second kappa shape index (κ2) is 12.7. The highest BCUT2D eigenvalue weighted by Crippen LogP contribution is 2.29. The molecule has 2 aromatic carbocycles. The van der Waals surface area contributed by atoms with Crippen molar-refractivity contribution in [2.24, 2.45) is 5.92 Å². The van der Waals surface area contributed by atoms with Crippen LogP contribution in [0.1, 0.15) is 29.8 Å². The van der Waals surface area contributed by atoms with Gasteiger partial charge >= 0.3 is 0 Å². The van der Waals surface area contributed by atoms with Crippen molar-refractivity contribution < 1.29 is 28.5 Å². The third kappa shape index (κ3) is 7.02. The summed E-state index contributed by atoms with van der Waals surface area (Å²) in [5, 5.41) is 0. The van der Waals surface area contributed by atoms with Gasteiger partial charge in [-0.15, -0.1) is 0 Å². The van der Waals surface area contributed by atoms with E-state index in [2.05, 4.69) is 18.7 Å². The largest absolute Gasteiger partial charge is 0.497 e. The summed E-state index contributed by atoms with van der Waals surface area (Å²) in [5.41, 5.74) is 1.66. The molecule has 8 nitrogen and oxygen atoms in total. The summed E-state index contributed by atoms with van der Waals surface area (Å²) in [6.07, 6.45) is -0.0872. The molecule has 1 fully saturated rings. The second-order valence-electron chi connectivity index (χ2n) is 9.08. The zero-order valence-electron chi connectivity index (χ0n) is 21.7. The molecule has 3 rings (SSSR count). The Morgan fingerprint density at radius 1 is 1.00 bits per heavy atom. The van der Waals surface area contributed by atoms with Crippen molar-refractivity contribution in [2.75, 3.05) is 61.2 Å². The van der Waals surface area contributed by atoms with E-state index in [4.69, 9.17) is 23.7 Å². The Hall–Kier alpha value is -2.97. The summed E-state index contributed by atoms with van der Waals surface area (Å²) >= 11 is 0. The van der Waals surface area contributed by atoms with Crippen LogP contribution in [-0.4, -0.2) is 83.0 Å². The molecule has 0 aliphatic carbocycles. The molecular weight excluding hydrogens is 448 g/mol. The topological polar surface area (TPSA) is 69.7 Å². The molecule has 0 N–H and O–H groups in total. The minimum Gasteiger partial charge on any atom is -0.497 e. The summed E-state index contributed by atoms with van der Waals surface area (Å²) in [5.74, 6) is 2.98. The van der Waals surface area contributed by atoms with Gasteiger partial charge in [-0.1, -0.05) is 19.9 Å². The van der Waals surface area contributed by atoms with Crippen LogP contribution in [0.5, 0.6) is 23.0 Å². The van der Waals surface area contributed by atoms with Crippen LogP contribution in [0.4, 0.5) is 0 Å². The Morgan fingerprint density at radius 2 is 1.74 bits per heavy atom. The molecule has 0 radical (unpaired) electrons. The fraction of sp³-hybridized carbons (Fsp3) is 0.519. The standard InChI is InChI=1S/C27H38N2O6/c1-19(2)15-29(27(30)20-8-10-24(32-4)26(13-20)34-6)18-23-17-28(11-12-35-23)16-21-7-9-22(31-3)14-25(21)33-5/h7-10,13-14,19,23H,11-12,15-18H2,1-6H3. The number of benzene rings is 2. The number of methoxy groups -OCH3 is 4. The minimum atomic E-state index is -0.0872. The Bertz CT molecular complexity index is 980. The number of hydrogen-bond donors (Lipinski definition) is 0. The third-order valence-electron chi connectivity index (χ3n) is 6.04. The van der Waals surface area contributed by atoms with Crippen LogP contribution in [0, 0.1) is 5.92 Å². The third-order valence-corrected chi connectivity index (χ3v) is 6.04. The Morgan fingerprint density at radius 3 is 2.40 bits per heavy atom. The van der Waals surface area contributed by atoms with Gasteiger partial charge in [0.1, 0.15) is 11.5 Å². The minimum absolute atomic E-state index is 0.0443. The number of rotatable bonds is 11. The highest BCUT2D eigenvalue weighted by molar-refractivity contribution is 5.95. The highest BCUT2D eigenvalue weighted by Gasteiger charge is 2.27. The van der Waals surface area contributed by atoms with Gasteiger partial charge in [-0.2, -0.15) is 0 Å². The smallest absolute Gasteiger partial charge is 0.254 e. The number of ether oxygens (including phenoxy) is 5. The van der Waals surface area contributed by atoms with E-state index in [1.807, 2.05) is 23.1 Å². The zero-order valence-corrected chi connectivity index (χ0v) is 21.7. The summed E-state index contributed by atoms with van der Waals surface area (Å²) in [6.45, 7) is 8.27. The van der Waals surface area contributed by atoms with E-state index < -0.39 is 0 Å². The number of hydrogen-bond acceptors (Lipinski definition) is 7. The van der Waals surface area contributed by atoms with E-state index in [0.29, 0.717) is 42.7 Å². The number of morpholine rings is 1. The van der Waals surface area contributed by atoms with Crippen LogP contribution in [0.2, 0.25) is 0 Å². The molecule has 0 spiro atoms. The van der Waals surface area contributed by atoms with Gasteiger partial charge in [-0.05, 0) is 30.2 Å². The van der Waals surface area contributed by atoms with Gasteiger partial charge in [-0.25, -0.2) is 0 Å². The first kappa shape index (κ1) is 26.6. The molecule has 1 aliphatic heterocycles. The van der Waals surface area contributed by atoms with Crippen molar-refractivity contribution >= 4 is 5.91 Å². The molecular formula is C27H38N2O6. The number of carbonyl (C=O) groups excluding carboxylic acids is 1. The molecule has 1 heterocycles. The molecule has 1 atom stereocenters. The summed E-state index contributed by atoms with van der Waals surface area (Å²) in [6, 6.07) is 11.2. The van der Waals surface area contributed by atoms with Gasteiger partial charge in [0, 0.05) is 49.9 Å². The van der Waals surface area contributed by atoms with E-state index in [0.717, 1.165) is 36.7 Å². The molecule has 1 amide bonds. The maximum absolute atomic E-state index is 13.5. The molecule has 1 saturated heterocycles. The SMILES string of the molecule is COc1ccc(CN2CCOC(CN(CC(C)C)C(=O)c3ccc(OC)c(OC)c3)C2)c(OC)c1. The van der Waals surface area contributed by atoms with Crippen molar-refractivity contribution in [1.82, 2.24) is 9.80 Å². The molecule has 0 bridgehead atoms. The number of carbonyl (C=O) groups is 1. The molecule has 1 unspecified atom stereocenters. The lowest BCUT2D eigenvalue weighted by Crippen LogP contribution is -2.49. The Labute approximate surface area is 208 Å². The number of amides is 1. The summed E-state index contributed by atoms with van der Waals surface area (Å²) in [4.78, 5) is 17.7. The maximum atomic E-state index is 13.5. The normalized spacial score (nSPS) is 16.1. The van der Waals surface area contributed by atoms with Crippen LogP contribution in [0.25, 0.3) is 0 Å². The monoisotopic (exact) mass is 486 g/mol. The van der Waals surface area contributed by atoms with Crippen molar-refractivity contribution in [3.8, 4) is 23.0 Å². The molecule has 35 heavy (non-hydrogen) atoms. The first-order valence-corrected chi connectivity index (χ1v) is 11.9. The van der Waals surface area contributed by atoms with Gasteiger partial charge in [0.15, 0.2) is 11.5 Å². The van der Waals surface area contributed by atoms with Crippen LogP contribution >= 0.6 is 0 Å². The van der Waals surface area contributed by atoms with Crippen LogP contribution in [0.15, 0.2) is 36.4 Å². The lowest BCUT2D eigenvalue weighted by atomic mass is 10.1. The highest BCUT2D eigenvalue weighted by atomic mass is 16.5. The van der Waals surface area contributed by atoms with E-state index in [-0.39, 0.29) is 12.0 Å². The lowest BCUT2D eigenvalue weighted by molar-refractivity contribution is -0.0439. The zero-order chi connectivity index (χ0) is 25.4. The molecule has 0 aromatic heterocycles. The number of nitrogens with zero attached hydrogens (tertiary/aromatic N) is 2. The van der Waals surface area contributed by atoms with Gasteiger partial charge < -0.3 is 28.6 Å².